The van der Waals surface area contributed by atoms with Crippen molar-refractivity contribution in [1.29, 1.82) is 0 Å². The summed E-state index contributed by atoms with van der Waals surface area (Å²) < 4.78 is 0. The Balaban J connectivity index is 2.73. The molecular weight excluding hydrogens is 182 g/mol. The summed E-state index contributed by atoms with van der Waals surface area (Å²) in [6, 6.07) is -0.333. The Morgan fingerprint density at radius 3 is 2.86 bits per heavy atom. The van der Waals surface area contributed by atoms with Crippen LogP contribution in [0.5, 0.6) is 0 Å². The molecule has 1 aliphatic rings. The second-order valence-corrected chi connectivity index (χ2v) is 3.97. The number of hydrogen-bond acceptors (Lipinski definition) is 3. The highest BCUT2D eigenvalue weighted by molar-refractivity contribution is 5.87. The van der Waals surface area contributed by atoms with E-state index in [9.17, 15) is 14.7 Å². The van der Waals surface area contributed by atoms with Crippen LogP contribution >= 0.6 is 0 Å². The molecule has 1 saturated heterocycles. The second kappa shape index (κ2) is 4.09. The number of carbonyl (C=O) groups is 2. The third-order valence-corrected chi connectivity index (χ3v) is 2.87. The average Bonchev–Trinajstić information content (AvgIpc) is 2.64. The van der Waals surface area contributed by atoms with Gasteiger partial charge in [-0.25, -0.2) is 0 Å². The average molecular weight is 199 g/mol. The van der Waals surface area contributed by atoms with Crippen LogP contribution in [0.1, 0.15) is 33.1 Å². The zero-order valence-electron chi connectivity index (χ0n) is 8.69. The van der Waals surface area contributed by atoms with Gasteiger partial charge in [-0.15, -0.1) is 0 Å². The van der Waals surface area contributed by atoms with E-state index >= 15 is 0 Å². The maximum absolute atomic E-state index is 11.8. The van der Waals surface area contributed by atoms with E-state index in [1.54, 1.807) is 6.92 Å². The van der Waals surface area contributed by atoms with Gasteiger partial charge in [0.25, 0.3) is 5.91 Å². The van der Waals surface area contributed by atoms with Crippen molar-refractivity contribution in [3.63, 3.8) is 0 Å². The highest BCUT2D eigenvalue weighted by Gasteiger charge is 2.37. The summed E-state index contributed by atoms with van der Waals surface area (Å²) in [4.78, 5) is 23.9. The summed E-state index contributed by atoms with van der Waals surface area (Å²) in [6.07, 6.45) is 2.72. The van der Waals surface area contributed by atoms with Crippen LogP contribution in [0.15, 0.2) is 0 Å². The van der Waals surface area contributed by atoms with E-state index in [-0.39, 0.29) is 11.9 Å². The van der Waals surface area contributed by atoms with Gasteiger partial charge < -0.3 is 14.8 Å². The highest BCUT2D eigenvalue weighted by atomic mass is 16.3. The Morgan fingerprint density at radius 1 is 1.71 bits per heavy atom. The van der Waals surface area contributed by atoms with Crippen LogP contribution in [0.4, 0.5) is 0 Å². The van der Waals surface area contributed by atoms with E-state index in [1.165, 1.54) is 11.8 Å². The van der Waals surface area contributed by atoms with Crippen molar-refractivity contribution in [3.05, 3.63) is 0 Å². The van der Waals surface area contributed by atoms with Crippen LogP contribution in [0, 0.1) is 0 Å². The number of nitrogens with zero attached hydrogens (tertiary/aromatic N) is 1. The van der Waals surface area contributed by atoms with Gasteiger partial charge in [-0.2, -0.15) is 0 Å². The molecule has 0 aromatic heterocycles. The van der Waals surface area contributed by atoms with Gasteiger partial charge in [-0.1, -0.05) is 6.92 Å². The van der Waals surface area contributed by atoms with Crippen LogP contribution in [0.2, 0.25) is 0 Å². The number of aldehydes is 1. The van der Waals surface area contributed by atoms with Crippen LogP contribution in [0.3, 0.4) is 0 Å². The minimum Gasteiger partial charge on any atom is -0.380 e. The molecule has 0 bridgehead atoms. The van der Waals surface area contributed by atoms with Crippen LogP contribution in [0.25, 0.3) is 0 Å². The molecule has 1 fully saturated rings. The van der Waals surface area contributed by atoms with Crippen LogP contribution in [-0.4, -0.2) is 40.4 Å². The maximum Gasteiger partial charge on any atom is 0.254 e. The second-order valence-electron chi connectivity index (χ2n) is 3.97. The highest BCUT2D eigenvalue weighted by Crippen LogP contribution is 2.21. The van der Waals surface area contributed by atoms with E-state index in [4.69, 9.17) is 0 Å². The first-order valence-corrected chi connectivity index (χ1v) is 5.01. The van der Waals surface area contributed by atoms with Gasteiger partial charge >= 0.3 is 0 Å². The predicted molar refractivity (Wildman–Crippen MR) is 51.7 cm³/mol. The minimum atomic E-state index is -1.33. The summed E-state index contributed by atoms with van der Waals surface area (Å²) in [7, 11) is 0. The van der Waals surface area contributed by atoms with Gasteiger partial charge in [0.2, 0.25) is 0 Å². The molecule has 0 aliphatic carbocycles. The van der Waals surface area contributed by atoms with E-state index in [0.717, 1.165) is 19.1 Å². The van der Waals surface area contributed by atoms with Crippen molar-refractivity contribution >= 4 is 12.2 Å². The fourth-order valence-corrected chi connectivity index (χ4v) is 1.65. The van der Waals surface area contributed by atoms with Gasteiger partial charge in [0, 0.05) is 6.54 Å². The molecule has 1 N–H and O–H groups in total. The molecule has 4 nitrogen and oxygen atoms in total. The molecule has 0 aromatic carbocycles. The molecule has 0 aromatic rings. The van der Waals surface area contributed by atoms with E-state index < -0.39 is 5.60 Å². The first kappa shape index (κ1) is 11.2. The van der Waals surface area contributed by atoms with Gasteiger partial charge in [-0.3, -0.25) is 4.79 Å². The summed E-state index contributed by atoms with van der Waals surface area (Å²) >= 11 is 0. The topological polar surface area (TPSA) is 57.6 Å². The lowest BCUT2D eigenvalue weighted by molar-refractivity contribution is -0.151. The third kappa shape index (κ3) is 1.95. The summed E-state index contributed by atoms with van der Waals surface area (Å²) in [5, 5.41) is 9.76. The zero-order valence-corrected chi connectivity index (χ0v) is 8.69. The monoisotopic (exact) mass is 199 g/mol. The summed E-state index contributed by atoms with van der Waals surface area (Å²) in [5.41, 5.74) is -1.33. The number of aliphatic hydroxyl groups is 1. The van der Waals surface area contributed by atoms with Gasteiger partial charge in [-0.05, 0) is 26.2 Å². The molecule has 80 valence electrons. The molecule has 14 heavy (non-hydrogen) atoms. The number of hydrogen-bond donors (Lipinski definition) is 1. The van der Waals surface area contributed by atoms with E-state index in [1.807, 2.05) is 0 Å². The van der Waals surface area contributed by atoms with Crippen LogP contribution < -0.4 is 0 Å². The SMILES string of the molecule is CCC(C)(O)C(=O)N1CCC[C@@H]1C=O. The van der Waals surface area contributed by atoms with Crippen molar-refractivity contribution in [2.45, 2.75) is 44.8 Å². The lowest BCUT2D eigenvalue weighted by atomic mass is 10.0. The minimum absolute atomic E-state index is 0.324. The van der Waals surface area contributed by atoms with Gasteiger partial charge in [0.15, 0.2) is 0 Å². The lowest BCUT2D eigenvalue weighted by Gasteiger charge is -2.29. The molecule has 1 amide bonds. The third-order valence-electron chi connectivity index (χ3n) is 2.87. The smallest absolute Gasteiger partial charge is 0.254 e. The number of likely N-dealkylation sites (tertiary alicyclic amines) is 1. The zero-order chi connectivity index (χ0) is 10.8. The van der Waals surface area contributed by atoms with Crippen molar-refractivity contribution in [3.8, 4) is 0 Å². The Hall–Kier alpha value is -0.900. The lowest BCUT2D eigenvalue weighted by Crippen LogP contribution is -2.49. The number of rotatable bonds is 3. The van der Waals surface area contributed by atoms with Crippen molar-refractivity contribution in [2.24, 2.45) is 0 Å². The van der Waals surface area contributed by atoms with Crippen LogP contribution in [-0.2, 0) is 9.59 Å². The standard InChI is InChI=1S/C10H17NO3/c1-3-10(2,14)9(13)11-6-4-5-8(11)7-12/h7-8,14H,3-6H2,1-2H3/t8-,10?/m1/s1. The first-order chi connectivity index (χ1) is 6.53. The molecule has 1 aliphatic heterocycles. The Morgan fingerprint density at radius 2 is 2.36 bits per heavy atom. The maximum atomic E-state index is 11.8. The first-order valence-electron chi connectivity index (χ1n) is 5.01. The van der Waals surface area contributed by atoms with Crippen molar-refractivity contribution in [2.75, 3.05) is 6.54 Å². The Bertz CT molecular complexity index is 238. The van der Waals surface area contributed by atoms with Crippen molar-refractivity contribution < 1.29 is 14.7 Å². The summed E-state index contributed by atoms with van der Waals surface area (Å²) in [5.74, 6) is -0.324. The molecule has 4 heteroatoms. The fourth-order valence-electron chi connectivity index (χ4n) is 1.65. The molecule has 1 heterocycles. The van der Waals surface area contributed by atoms with Gasteiger partial charge in [0.05, 0.1) is 6.04 Å². The number of carbonyl (C=O) groups excluding carboxylic acids is 2. The quantitative estimate of drug-likeness (QED) is 0.667. The Kier molecular flexibility index (Phi) is 3.26. The van der Waals surface area contributed by atoms with E-state index in [2.05, 4.69) is 0 Å². The summed E-state index contributed by atoms with van der Waals surface area (Å²) in [6.45, 7) is 3.83. The fraction of sp³-hybridized carbons (Fsp3) is 0.800. The molecule has 0 spiro atoms. The predicted octanol–water partition coefficient (Wildman–Crippen LogP) is 0.337. The molecular formula is C10H17NO3. The molecule has 0 radical (unpaired) electrons. The van der Waals surface area contributed by atoms with E-state index in [0.29, 0.717) is 13.0 Å². The van der Waals surface area contributed by atoms with Crippen molar-refractivity contribution in [1.82, 2.24) is 4.90 Å². The number of amides is 1. The molecule has 2 atom stereocenters. The molecule has 0 saturated carbocycles. The molecule has 1 rings (SSSR count). The molecule has 1 unspecified atom stereocenters. The largest absolute Gasteiger partial charge is 0.380 e. The Labute approximate surface area is 83.9 Å². The normalized spacial score (nSPS) is 25.9. The van der Waals surface area contributed by atoms with Gasteiger partial charge in [0.1, 0.15) is 11.9 Å².